The molecule has 2 aromatic carbocycles. The maximum Gasteiger partial charge on any atom is 0.326 e. The average Bonchev–Trinajstić information content (AvgIpc) is 2.80. The molecule has 5 heteroatoms. The van der Waals surface area contributed by atoms with Gasteiger partial charge < -0.3 is 9.88 Å². The number of amides is 1. The standard InChI is InChI=1S/C20H21N3O2/c1-13-12-23(10-9-14-5-3-4-6-16(13)14)19(24)15-7-8-18-17(11-15)21-20(25)22(18)2/h3-8,11,13H,9-10,12H2,1-2H3,(H,21,25). The number of nitrogens with zero attached hydrogens (tertiary/aromatic N) is 2. The lowest BCUT2D eigenvalue weighted by molar-refractivity contribution is 0.0754. The average molecular weight is 335 g/mol. The molecule has 0 radical (unpaired) electrons. The molecule has 1 aliphatic heterocycles. The minimum atomic E-state index is -0.168. The van der Waals surface area contributed by atoms with E-state index in [9.17, 15) is 9.59 Å². The van der Waals surface area contributed by atoms with Crippen molar-refractivity contribution < 1.29 is 4.79 Å². The lowest BCUT2D eigenvalue weighted by Gasteiger charge is -2.23. The SMILES string of the molecule is CC1CN(C(=O)c2ccc3c(c2)[nH]c(=O)n3C)CCc2ccccc21. The van der Waals surface area contributed by atoms with Crippen LogP contribution in [0.5, 0.6) is 0 Å². The smallest absolute Gasteiger partial charge is 0.326 e. The first kappa shape index (κ1) is 15.7. The molecule has 1 atom stereocenters. The molecule has 0 aliphatic carbocycles. The summed E-state index contributed by atoms with van der Waals surface area (Å²) in [7, 11) is 1.72. The van der Waals surface area contributed by atoms with Crippen molar-refractivity contribution in [1.29, 1.82) is 0 Å². The Balaban J connectivity index is 1.64. The number of hydrogen-bond acceptors (Lipinski definition) is 2. The fourth-order valence-electron chi connectivity index (χ4n) is 3.76. The quantitative estimate of drug-likeness (QED) is 0.743. The van der Waals surface area contributed by atoms with E-state index in [1.54, 1.807) is 23.7 Å². The van der Waals surface area contributed by atoms with Crippen LogP contribution in [0.3, 0.4) is 0 Å². The van der Waals surface area contributed by atoms with E-state index in [4.69, 9.17) is 0 Å². The zero-order chi connectivity index (χ0) is 17.6. The molecule has 5 nitrogen and oxygen atoms in total. The Morgan fingerprint density at radius 3 is 2.84 bits per heavy atom. The van der Waals surface area contributed by atoms with Gasteiger partial charge in [-0.3, -0.25) is 9.36 Å². The molecule has 1 amide bonds. The van der Waals surface area contributed by atoms with Crippen LogP contribution in [-0.4, -0.2) is 33.4 Å². The molecule has 0 bridgehead atoms. The molecule has 25 heavy (non-hydrogen) atoms. The number of H-pyrrole nitrogens is 1. The van der Waals surface area contributed by atoms with Crippen LogP contribution in [0.15, 0.2) is 47.3 Å². The second-order valence-electron chi connectivity index (χ2n) is 6.82. The second-order valence-corrected chi connectivity index (χ2v) is 6.82. The van der Waals surface area contributed by atoms with Gasteiger partial charge in [0, 0.05) is 25.7 Å². The van der Waals surface area contributed by atoms with E-state index in [0.717, 1.165) is 11.9 Å². The number of nitrogens with one attached hydrogen (secondary N) is 1. The maximum absolute atomic E-state index is 13.0. The van der Waals surface area contributed by atoms with E-state index in [0.29, 0.717) is 30.1 Å². The predicted molar refractivity (Wildman–Crippen MR) is 98.0 cm³/mol. The van der Waals surface area contributed by atoms with Crippen LogP contribution in [0.2, 0.25) is 0 Å². The monoisotopic (exact) mass is 335 g/mol. The van der Waals surface area contributed by atoms with Gasteiger partial charge in [0.05, 0.1) is 11.0 Å². The number of hydrogen-bond donors (Lipinski definition) is 1. The fraction of sp³-hybridized carbons (Fsp3) is 0.300. The van der Waals surface area contributed by atoms with Crippen molar-refractivity contribution in [2.75, 3.05) is 13.1 Å². The van der Waals surface area contributed by atoms with Gasteiger partial charge in [-0.05, 0) is 41.7 Å². The number of aromatic amines is 1. The third-order valence-electron chi connectivity index (χ3n) is 5.17. The van der Waals surface area contributed by atoms with Gasteiger partial charge in [-0.15, -0.1) is 0 Å². The highest BCUT2D eigenvalue weighted by molar-refractivity contribution is 5.97. The van der Waals surface area contributed by atoms with Crippen molar-refractivity contribution in [1.82, 2.24) is 14.5 Å². The van der Waals surface area contributed by atoms with Gasteiger partial charge in [0.2, 0.25) is 0 Å². The molecular weight excluding hydrogens is 314 g/mol. The van der Waals surface area contributed by atoms with Gasteiger partial charge in [0.25, 0.3) is 5.91 Å². The molecule has 0 saturated carbocycles. The van der Waals surface area contributed by atoms with Crippen molar-refractivity contribution in [3.05, 3.63) is 69.6 Å². The lowest BCUT2D eigenvalue weighted by Crippen LogP contribution is -2.34. The van der Waals surface area contributed by atoms with Crippen molar-refractivity contribution in [3.63, 3.8) is 0 Å². The summed E-state index contributed by atoms with van der Waals surface area (Å²) in [6.45, 7) is 3.59. The molecule has 128 valence electrons. The van der Waals surface area contributed by atoms with Crippen LogP contribution < -0.4 is 5.69 Å². The van der Waals surface area contributed by atoms with Gasteiger partial charge in [0.15, 0.2) is 0 Å². The maximum atomic E-state index is 13.0. The Morgan fingerprint density at radius 1 is 1.20 bits per heavy atom. The molecule has 3 aromatic rings. The first-order valence-corrected chi connectivity index (χ1v) is 8.60. The zero-order valence-corrected chi connectivity index (χ0v) is 14.5. The molecule has 1 unspecified atom stereocenters. The zero-order valence-electron chi connectivity index (χ0n) is 14.5. The summed E-state index contributed by atoms with van der Waals surface area (Å²) < 4.78 is 1.55. The van der Waals surface area contributed by atoms with Crippen LogP contribution in [0.1, 0.15) is 34.3 Å². The second kappa shape index (κ2) is 5.92. The number of benzene rings is 2. The molecule has 1 aliphatic rings. The fourth-order valence-corrected chi connectivity index (χ4v) is 3.76. The van der Waals surface area contributed by atoms with Crippen LogP contribution in [0.4, 0.5) is 0 Å². The van der Waals surface area contributed by atoms with E-state index in [1.807, 2.05) is 11.0 Å². The van der Waals surface area contributed by atoms with Crippen LogP contribution in [0, 0.1) is 0 Å². The number of imidazole rings is 1. The highest BCUT2D eigenvalue weighted by Crippen LogP contribution is 2.26. The summed E-state index contributed by atoms with van der Waals surface area (Å²) >= 11 is 0. The third-order valence-corrected chi connectivity index (χ3v) is 5.17. The van der Waals surface area contributed by atoms with Gasteiger partial charge in [-0.25, -0.2) is 4.79 Å². The largest absolute Gasteiger partial charge is 0.338 e. The topological polar surface area (TPSA) is 58.1 Å². The predicted octanol–water partition coefficient (Wildman–Crippen LogP) is 2.67. The lowest BCUT2D eigenvalue weighted by atomic mass is 9.95. The number of carbonyl (C=O) groups excluding carboxylic acids is 1. The van der Waals surface area contributed by atoms with Crippen molar-refractivity contribution in [2.45, 2.75) is 19.3 Å². The minimum Gasteiger partial charge on any atom is -0.338 e. The van der Waals surface area contributed by atoms with Crippen molar-refractivity contribution in [2.24, 2.45) is 7.05 Å². The van der Waals surface area contributed by atoms with E-state index in [1.165, 1.54) is 11.1 Å². The first-order valence-electron chi connectivity index (χ1n) is 8.60. The minimum absolute atomic E-state index is 0.0197. The Labute approximate surface area is 145 Å². The van der Waals surface area contributed by atoms with Crippen LogP contribution in [-0.2, 0) is 13.5 Å². The van der Waals surface area contributed by atoms with Crippen LogP contribution >= 0.6 is 0 Å². The Morgan fingerprint density at radius 2 is 2.00 bits per heavy atom. The number of carbonyl (C=O) groups is 1. The normalized spacial score (nSPS) is 17.4. The number of aryl methyl sites for hydroxylation is 1. The summed E-state index contributed by atoms with van der Waals surface area (Å²) in [6.07, 6.45) is 0.872. The number of fused-ring (bicyclic) bond motifs is 2. The number of rotatable bonds is 1. The molecular formula is C20H21N3O2. The summed E-state index contributed by atoms with van der Waals surface area (Å²) in [5.74, 6) is 0.328. The Hall–Kier alpha value is -2.82. The van der Waals surface area contributed by atoms with Gasteiger partial charge in [0.1, 0.15) is 0 Å². The van der Waals surface area contributed by atoms with E-state index in [-0.39, 0.29) is 11.6 Å². The highest BCUT2D eigenvalue weighted by atomic mass is 16.2. The van der Waals surface area contributed by atoms with Crippen molar-refractivity contribution >= 4 is 16.9 Å². The molecule has 0 saturated heterocycles. The van der Waals surface area contributed by atoms with Gasteiger partial charge in [-0.2, -0.15) is 0 Å². The molecule has 0 fully saturated rings. The van der Waals surface area contributed by atoms with Crippen LogP contribution in [0.25, 0.3) is 11.0 Å². The molecule has 4 rings (SSSR count). The van der Waals surface area contributed by atoms with Crippen molar-refractivity contribution in [3.8, 4) is 0 Å². The first-order chi connectivity index (χ1) is 12.0. The van der Waals surface area contributed by atoms with Gasteiger partial charge in [-0.1, -0.05) is 31.2 Å². The Kier molecular flexibility index (Phi) is 3.71. The summed E-state index contributed by atoms with van der Waals surface area (Å²) in [6, 6.07) is 13.9. The van der Waals surface area contributed by atoms with E-state index in [2.05, 4.69) is 36.2 Å². The molecule has 2 heterocycles. The Bertz CT molecular complexity index is 1020. The molecule has 1 N–H and O–H groups in total. The third kappa shape index (κ3) is 2.65. The van der Waals surface area contributed by atoms with E-state index >= 15 is 0 Å². The van der Waals surface area contributed by atoms with Gasteiger partial charge >= 0.3 is 5.69 Å². The summed E-state index contributed by atoms with van der Waals surface area (Å²) in [5.41, 5.74) is 4.61. The molecule has 1 aromatic heterocycles. The summed E-state index contributed by atoms with van der Waals surface area (Å²) in [4.78, 5) is 29.5. The number of aromatic nitrogens is 2. The summed E-state index contributed by atoms with van der Waals surface area (Å²) in [5, 5.41) is 0. The molecule has 0 spiro atoms. The van der Waals surface area contributed by atoms with E-state index < -0.39 is 0 Å². The highest BCUT2D eigenvalue weighted by Gasteiger charge is 2.24.